The van der Waals surface area contributed by atoms with Crippen molar-refractivity contribution in [1.82, 2.24) is 0 Å². The molecule has 0 aromatic rings. The fourth-order valence-corrected chi connectivity index (χ4v) is 2.34. The van der Waals surface area contributed by atoms with E-state index in [1.54, 1.807) is 0 Å². The lowest BCUT2D eigenvalue weighted by Gasteiger charge is -2.35. The van der Waals surface area contributed by atoms with Gasteiger partial charge in [0.05, 0.1) is 18.3 Å². The Labute approximate surface area is 121 Å². The van der Waals surface area contributed by atoms with Crippen LogP contribution in [-0.2, 0) is 4.74 Å². The second-order valence-electron chi connectivity index (χ2n) is 4.30. The number of hydrogen-bond acceptors (Lipinski definition) is 7. The topological polar surface area (TPSA) is 132 Å². The Bertz CT molecular complexity index is 410. The Balaban J connectivity index is 2.56. The molecule has 1 heterocycles. The number of amidine groups is 1. The molecule has 0 radical (unpaired) electrons. The van der Waals surface area contributed by atoms with E-state index in [0.29, 0.717) is 12.8 Å². The molecule has 20 heavy (non-hydrogen) atoms. The van der Waals surface area contributed by atoms with E-state index in [1.165, 1.54) is 0 Å². The predicted molar refractivity (Wildman–Crippen MR) is 77.6 cm³/mol. The van der Waals surface area contributed by atoms with E-state index in [1.807, 2.05) is 0 Å². The second-order valence-corrected chi connectivity index (χ2v) is 5.41. The SMILES string of the molecule is C#CCCC(=N)SC(N)=N[C@H]1CO[C@H](CO)[C@H](O)[C@@H]1O. The molecule has 1 aliphatic heterocycles. The molecule has 0 bridgehead atoms. The summed E-state index contributed by atoms with van der Waals surface area (Å²) in [4.78, 5) is 4.03. The number of terminal acetylenes is 1. The number of rotatable bonds is 4. The Kier molecular flexibility index (Phi) is 6.98. The largest absolute Gasteiger partial charge is 0.394 e. The van der Waals surface area contributed by atoms with Crippen LogP contribution in [0.25, 0.3) is 0 Å². The van der Waals surface area contributed by atoms with Gasteiger partial charge in [0.25, 0.3) is 0 Å². The van der Waals surface area contributed by atoms with Crippen LogP contribution >= 0.6 is 11.8 Å². The number of aliphatic hydroxyl groups is 3. The van der Waals surface area contributed by atoms with Crippen LogP contribution in [-0.4, -0.2) is 63.1 Å². The van der Waals surface area contributed by atoms with Gasteiger partial charge in [-0.1, -0.05) is 0 Å². The van der Waals surface area contributed by atoms with E-state index in [0.717, 1.165) is 11.8 Å². The molecule has 4 atom stereocenters. The molecule has 1 saturated heterocycles. The van der Waals surface area contributed by atoms with Crippen LogP contribution < -0.4 is 5.73 Å². The van der Waals surface area contributed by atoms with Crippen molar-refractivity contribution in [3.8, 4) is 12.3 Å². The summed E-state index contributed by atoms with van der Waals surface area (Å²) >= 11 is 0.961. The molecule has 112 valence electrons. The molecule has 1 fully saturated rings. The van der Waals surface area contributed by atoms with E-state index in [2.05, 4.69) is 10.9 Å². The van der Waals surface area contributed by atoms with Crippen LogP contribution in [0.4, 0.5) is 0 Å². The quantitative estimate of drug-likeness (QED) is 0.254. The standard InChI is InChI=1S/C12H19N3O4S/c1-2-3-4-9(13)20-12(14)15-7-6-19-8(5-16)11(18)10(7)17/h1,7-8,10-11,13,16-18H,3-6H2,(H2,14,15)/t7-,8+,10+,11-/m0/s1. The minimum Gasteiger partial charge on any atom is -0.394 e. The molecular weight excluding hydrogens is 282 g/mol. The Morgan fingerprint density at radius 1 is 1.50 bits per heavy atom. The first-order valence-corrected chi connectivity index (χ1v) is 6.91. The third-order valence-electron chi connectivity index (χ3n) is 2.80. The number of nitrogens with zero attached hydrogens (tertiary/aromatic N) is 1. The van der Waals surface area contributed by atoms with Crippen molar-refractivity contribution >= 4 is 22.0 Å². The van der Waals surface area contributed by atoms with Gasteiger partial charge < -0.3 is 25.8 Å². The van der Waals surface area contributed by atoms with Crippen molar-refractivity contribution in [2.24, 2.45) is 10.7 Å². The van der Waals surface area contributed by atoms with Crippen LogP contribution in [0.3, 0.4) is 0 Å². The molecule has 0 spiro atoms. The van der Waals surface area contributed by atoms with Gasteiger partial charge in [-0.25, -0.2) is 0 Å². The molecule has 7 nitrogen and oxygen atoms in total. The van der Waals surface area contributed by atoms with E-state index in [-0.39, 0.29) is 23.4 Å². The van der Waals surface area contributed by atoms with Gasteiger partial charge in [-0.3, -0.25) is 10.4 Å². The zero-order chi connectivity index (χ0) is 15.1. The molecule has 0 saturated carbocycles. The first kappa shape index (κ1) is 16.9. The van der Waals surface area contributed by atoms with E-state index >= 15 is 0 Å². The van der Waals surface area contributed by atoms with E-state index < -0.39 is 24.4 Å². The smallest absolute Gasteiger partial charge is 0.160 e. The van der Waals surface area contributed by atoms with Crippen molar-refractivity contribution < 1.29 is 20.1 Å². The molecule has 6 N–H and O–H groups in total. The first-order chi connectivity index (χ1) is 9.49. The Morgan fingerprint density at radius 3 is 2.80 bits per heavy atom. The third kappa shape index (κ3) is 4.77. The van der Waals surface area contributed by atoms with E-state index in [4.69, 9.17) is 27.4 Å². The number of thioether (sulfide) groups is 1. The summed E-state index contributed by atoms with van der Waals surface area (Å²) in [6.07, 6.45) is 2.76. The lowest BCUT2D eigenvalue weighted by atomic mass is 9.99. The minimum absolute atomic E-state index is 0.0440. The molecule has 0 aromatic carbocycles. The third-order valence-corrected chi connectivity index (χ3v) is 3.57. The van der Waals surface area contributed by atoms with Crippen LogP contribution in [0.15, 0.2) is 4.99 Å². The highest BCUT2D eigenvalue weighted by Crippen LogP contribution is 2.19. The Hall–Kier alpha value is -1.11. The lowest BCUT2D eigenvalue weighted by molar-refractivity contribution is -0.155. The summed E-state index contributed by atoms with van der Waals surface area (Å²) in [5.41, 5.74) is 5.67. The lowest BCUT2D eigenvalue weighted by Crippen LogP contribution is -2.53. The normalized spacial score (nSPS) is 30.8. The predicted octanol–water partition coefficient (Wildman–Crippen LogP) is -1.09. The number of aliphatic imine (C=N–C) groups is 1. The first-order valence-electron chi connectivity index (χ1n) is 6.10. The zero-order valence-corrected chi connectivity index (χ0v) is 11.7. The van der Waals surface area contributed by atoms with Crippen LogP contribution in [0.5, 0.6) is 0 Å². The van der Waals surface area contributed by atoms with Crippen LogP contribution in [0.2, 0.25) is 0 Å². The molecule has 1 rings (SSSR count). The maximum Gasteiger partial charge on any atom is 0.160 e. The van der Waals surface area contributed by atoms with Gasteiger partial charge in [0, 0.05) is 12.8 Å². The van der Waals surface area contributed by atoms with Gasteiger partial charge in [-0.05, 0) is 11.8 Å². The monoisotopic (exact) mass is 301 g/mol. The maximum absolute atomic E-state index is 9.87. The van der Waals surface area contributed by atoms with Gasteiger partial charge in [0.15, 0.2) is 5.17 Å². The van der Waals surface area contributed by atoms with Crippen LogP contribution in [0, 0.1) is 17.8 Å². The molecule has 0 amide bonds. The molecule has 0 aliphatic carbocycles. The van der Waals surface area contributed by atoms with Gasteiger partial charge in [-0.2, -0.15) is 0 Å². The van der Waals surface area contributed by atoms with Crippen molar-refractivity contribution in [1.29, 1.82) is 5.41 Å². The van der Waals surface area contributed by atoms with Gasteiger partial charge in [0.1, 0.15) is 24.4 Å². The number of nitrogens with one attached hydrogen (secondary N) is 1. The summed E-state index contributed by atoms with van der Waals surface area (Å²) < 4.78 is 5.18. The average Bonchev–Trinajstić information content (AvgIpc) is 2.42. The van der Waals surface area contributed by atoms with Crippen molar-refractivity contribution in [2.45, 2.75) is 37.2 Å². The maximum atomic E-state index is 9.87. The van der Waals surface area contributed by atoms with Gasteiger partial charge in [0.2, 0.25) is 0 Å². The number of hydrogen-bond donors (Lipinski definition) is 5. The summed E-state index contributed by atoms with van der Waals surface area (Å²) in [5, 5.41) is 36.5. The molecule has 0 unspecified atom stereocenters. The zero-order valence-electron chi connectivity index (χ0n) is 10.9. The fraction of sp³-hybridized carbons (Fsp3) is 0.667. The minimum atomic E-state index is -1.22. The molecule has 1 aliphatic rings. The number of ether oxygens (including phenoxy) is 1. The number of aliphatic hydroxyl groups excluding tert-OH is 3. The molecular formula is C12H19N3O4S. The average molecular weight is 301 g/mol. The highest BCUT2D eigenvalue weighted by molar-refractivity contribution is 8.26. The Morgan fingerprint density at radius 2 is 2.20 bits per heavy atom. The second kappa shape index (κ2) is 8.24. The summed E-state index contributed by atoms with van der Waals surface area (Å²) in [7, 11) is 0. The highest BCUT2D eigenvalue weighted by atomic mass is 32.2. The van der Waals surface area contributed by atoms with E-state index in [9.17, 15) is 10.2 Å². The summed E-state index contributed by atoms with van der Waals surface area (Å²) in [6.45, 7) is -0.335. The van der Waals surface area contributed by atoms with Gasteiger partial charge in [-0.15, -0.1) is 12.3 Å². The van der Waals surface area contributed by atoms with Crippen LogP contribution in [0.1, 0.15) is 12.8 Å². The van der Waals surface area contributed by atoms with Gasteiger partial charge >= 0.3 is 0 Å². The summed E-state index contributed by atoms with van der Waals surface area (Å²) in [5.74, 6) is 2.43. The van der Waals surface area contributed by atoms with Crippen molar-refractivity contribution in [3.63, 3.8) is 0 Å². The fourth-order valence-electron chi connectivity index (χ4n) is 1.69. The van der Waals surface area contributed by atoms with Crippen molar-refractivity contribution in [2.75, 3.05) is 13.2 Å². The van der Waals surface area contributed by atoms with Crippen molar-refractivity contribution in [3.05, 3.63) is 0 Å². The number of nitrogens with two attached hydrogens (primary N) is 1. The highest BCUT2D eigenvalue weighted by Gasteiger charge is 2.38. The molecule has 0 aromatic heterocycles. The summed E-state index contributed by atoms with van der Waals surface area (Å²) in [6, 6.07) is -0.722. The molecule has 8 heteroatoms.